The monoisotopic (exact) mass is 248 g/mol. The Labute approximate surface area is 103 Å². The highest BCUT2D eigenvalue weighted by Gasteiger charge is 2.39. The van der Waals surface area contributed by atoms with Gasteiger partial charge in [0.05, 0.1) is 34.4 Å². The van der Waals surface area contributed by atoms with Crippen LogP contribution in [0.4, 0.5) is 0 Å². The standard InChI is InChI=1S/C12H12N2O2S/c1-12(16)5-14(6-12)11(15)8-2-3-9-10(4-8)17-7-13-9/h2-4,7,16H,5-6H2,1H3. The van der Waals surface area contributed by atoms with E-state index in [2.05, 4.69) is 4.98 Å². The van der Waals surface area contributed by atoms with E-state index in [-0.39, 0.29) is 5.91 Å². The zero-order valence-corrected chi connectivity index (χ0v) is 10.2. The fraction of sp³-hybridized carbons (Fsp3) is 0.333. The van der Waals surface area contributed by atoms with Crippen LogP contribution in [0.1, 0.15) is 17.3 Å². The molecule has 1 aromatic heterocycles. The molecule has 0 atom stereocenters. The van der Waals surface area contributed by atoms with Gasteiger partial charge in [0, 0.05) is 5.56 Å². The van der Waals surface area contributed by atoms with Crippen LogP contribution in [0.15, 0.2) is 23.7 Å². The van der Waals surface area contributed by atoms with Gasteiger partial charge in [-0.05, 0) is 25.1 Å². The topological polar surface area (TPSA) is 53.4 Å². The van der Waals surface area contributed by atoms with Gasteiger partial charge in [0.1, 0.15) is 0 Å². The number of nitrogens with zero attached hydrogens (tertiary/aromatic N) is 2. The highest BCUT2D eigenvalue weighted by Crippen LogP contribution is 2.24. The molecule has 1 aliphatic rings. The molecule has 2 heterocycles. The first-order valence-electron chi connectivity index (χ1n) is 5.40. The molecule has 2 aromatic rings. The van der Waals surface area contributed by atoms with E-state index in [0.29, 0.717) is 18.7 Å². The number of amides is 1. The summed E-state index contributed by atoms with van der Waals surface area (Å²) < 4.78 is 1.02. The van der Waals surface area contributed by atoms with Gasteiger partial charge in [0.25, 0.3) is 5.91 Å². The minimum absolute atomic E-state index is 0.0215. The van der Waals surface area contributed by atoms with Gasteiger partial charge in [0.15, 0.2) is 0 Å². The van der Waals surface area contributed by atoms with Gasteiger partial charge in [-0.15, -0.1) is 11.3 Å². The van der Waals surface area contributed by atoms with Crippen LogP contribution in [0.5, 0.6) is 0 Å². The molecule has 0 aliphatic carbocycles. The van der Waals surface area contributed by atoms with Gasteiger partial charge in [-0.25, -0.2) is 4.98 Å². The molecule has 0 saturated carbocycles. The third kappa shape index (κ3) is 1.81. The number of benzene rings is 1. The first-order chi connectivity index (χ1) is 8.05. The van der Waals surface area contributed by atoms with Crippen molar-refractivity contribution >= 4 is 27.5 Å². The number of hydrogen-bond acceptors (Lipinski definition) is 4. The number of carbonyl (C=O) groups excluding carboxylic acids is 1. The Bertz CT molecular complexity index is 583. The average molecular weight is 248 g/mol. The first kappa shape index (κ1) is 10.7. The summed E-state index contributed by atoms with van der Waals surface area (Å²) in [5.41, 5.74) is 2.64. The predicted molar refractivity (Wildman–Crippen MR) is 66.1 cm³/mol. The second-order valence-electron chi connectivity index (χ2n) is 4.69. The molecule has 1 aliphatic heterocycles. The summed E-state index contributed by atoms with van der Waals surface area (Å²) in [5, 5.41) is 9.62. The molecule has 1 N–H and O–H groups in total. The Morgan fingerprint density at radius 2 is 2.29 bits per heavy atom. The first-order valence-corrected chi connectivity index (χ1v) is 6.28. The summed E-state index contributed by atoms with van der Waals surface area (Å²) >= 11 is 1.52. The molecule has 1 saturated heterocycles. The summed E-state index contributed by atoms with van der Waals surface area (Å²) in [6.07, 6.45) is 0. The van der Waals surface area contributed by atoms with Crippen LogP contribution in [0.2, 0.25) is 0 Å². The number of β-amino-alcohol motifs (C(OH)–C–C–N with tert-alkyl or cyclic N) is 1. The third-order valence-electron chi connectivity index (χ3n) is 2.93. The summed E-state index contributed by atoms with van der Waals surface area (Å²) in [4.78, 5) is 17.9. The second kappa shape index (κ2) is 3.51. The molecular formula is C12H12N2O2S. The van der Waals surface area contributed by atoms with Crippen LogP contribution < -0.4 is 0 Å². The number of likely N-dealkylation sites (tertiary alicyclic amines) is 1. The molecule has 0 bridgehead atoms. The summed E-state index contributed by atoms with van der Waals surface area (Å²) in [6.45, 7) is 2.56. The molecule has 0 unspecified atom stereocenters. The Morgan fingerprint density at radius 3 is 3.00 bits per heavy atom. The lowest BCUT2D eigenvalue weighted by Gasteiger charge is -2.44. The molecule has 1 aromatic carbocycles. The van der Waals surface area contributed by atoms with Gasteiger partial charge in [-0.2, -0.15) is 0 Å². The van der Waals surface area contributed by atoms with E-state index in [1.165, 1.54) is 11.3 Å². The van der Waals surface area contributed by atoms with Crippen LogP contribution in [0.25, 0.3) is 10.2 Å². The third-order valence-corrected chi connectivity index (χ3v) is 3.72. The smallest absolute Gasteiger partial charge is 0.254 e. The zero-order chi connectivity index (χ0) is 12.0. The Balaban J connectivity index is 1.86. The minimum Gasteiger partial charge on any atom is -0.386 e. The number of rotatable bonds is 1. The highest BCUT2D eigenvalue weighted by molar-refractivity contribution is 7.16. The zero-order valence-electron chi connectivity index (χ0n) is 9.38. The van der Waals surface area contributed by atoms with Crippen molar-refractivity contribution in [2.24, 2.45) is 0 Å². The van der Waals surface area contributed by atoms with Crippen LogP contribution in [0.3, 0.4) is 0 Å². The number of fused-ring (bicyclic) bond motifs is 1. The maximum atomic E-state index is 12.1. The molecule has 17 heavy (non-hydrogen) atoms. The molecule has 5 heteroatoms. The highest BCUT2D eigenvalue weighted by atomic mass is 32.1. The second-order valence-corrected chi connectivity index (χ2v) is 5.58. The van der Waals surface area contributed by atoms with Crippen molar-refractivity contribution in [2.45, 2.75) is 12.5 Å². The quantitative estimate of drug-likeness (QED) is 0.832. The van der Waals surface area contributed by atoms with Gasteiger partial charge >= 0.3 is 0 Å². The average Bonchev–Trinajstić information content (AvgIpc) is 2.71. The van der Waals surface area contributed by atoms with Crippen molar-refractivity contribution in [3.05, 3.63) is 29.3 Å². The van der Waals surface area contributed by atoms with Gasteiger partial charge in [0.2, 0.25) is 0 Å². The Morgan fingerprint density at radius 1 is 1.53 bits per heavy atom. The van der Waals surface area contributed by atoms with Crippen LogP contribution in [-0.2, 0) is 0 Å². The van der Waals surface area contributed by atoms with Gasteiger partial charge in [-0.3, -0.25) is 4.79 Å². The van der Waals surface area contributed by atoms with E-state index in [1.54, 1.807) is 23.4 Å². The predicted octanol–water partition coefficient (Wildman–Crippen LogP) is 1.50. The number of hydrogen-bond donors (Lipinski definition) is 1. The van der Waals surface area contributed by atoms with E-state index in [0.717, 1.165) is 10.2 Å². The molecule has 0 radical (unpaired) electrons. The van der Waals surface area contributed by atoms with E-state index < -0.39 is 5.60 Å². The number of aliphatic hydroxyl groups is 1. The normalized spacial score (nSPS) is 18.1. The van der Waals surface area contributed by atoms with E-state index in [9.17, 15) is 9.90 Å². The summed E-state index contributed by atoms with van der Waals surface area (Å²) in [6, 6.07) is 5.51. The van der Waals surface area contributed by atoms with Gasteiger partial charge in [-0.1, -0.05) is 0 Å². The lowest BCUT2D eigenvalue weighted by molar-refractivity contribution is -0.0668. The Kier molecular flexibility index (Phi) is 2.21. The minimum atomic E-state index is -0.718. The maximum Gasteiger partial charge on any atom is 0.254 e. The fourth-order valence-electron chi connectivity index (χ4n) is 2.09. The van der Waals surface area contributed by atoms with Gasteiger partial charge < -0.3 is 10.0 Å². The fourth-order valence-corrected chi connectivity index (χ4v) is 2.81. The van der Waals surface area contributed by atoms with Crippen LogP contribution in [0, 0.1) is 0 Å². The molecular weight excluding hydrogens is 236 g/mol. The van der Waals surface area contributed by atoms with Crippen molar-refractivity contribution in [3.63, 3.8) is 0 Å². The molecule has 0 spiro atoms. The number of carbonyl (C=O) groups is 1. The number of aromatic nitrogens is 1. The molecule has 3 rings (SSSR count). The summed E-state index contributed by atoms with van der Waals surface area (Å²) in [5.74, 6) is -0.0215. The number of thiazole rings is 1. The molecule has 1 amide bonds. The maximum absolute atomic E-state index is 12.1. The largest absolute Gasteiger partial charge is 0.386 e. The Hall–Kier alpha value is -1.46. The van der Waals surface area contributed by atoms with E-state index >= 15 is 0 Å². The van der Waals surface area contributed by atoms with Crippen LogP contribution in [-0.4, -0.2) is 39.6 Å². The molecule has 1 fully saturated rings. The van der Waals surface area contributed by atoms with Crippen molar-refractivity contribution in [1.82, 2.24) is 9.88 Å². The van der Waals surface area contributed by atoms with E-state index in [1.807, 2.05) is 12.1 Å². The summed E-state index contributed by atoms with van der Waals surface area (Å²) in [7, 11) is 0. The molecule has 88 valence electrons. The van der Waals surface area contributed by atoms with Crippen molar-refractivity contribution in [2.75, 3.05) is 13.1 Å². The molecule has 4 nitrogen and oxygen atoms in total. The van der Waals surface area contributed by atoms with Crippen LogP contribution >= 0.6 is 11.3 Å². The van der Waals surface area contributed by atoms with Crippen molar-refractivity contribution in [1.29, 1.82) is 0 Å². The van der Waals surface area contributed by atoms with Crippen molar-refractivity contribution in [3.8, 4) is 0 Å². The van der Waals surface area contributed by atoms with Crippen molar-refractivity contribution < 1.29 is 9.90 Å². The van der Waals surface area contributed by atoms with E-state index in [4.69, 9.17) is 0 Å². The lowest BCUT2D eigenvalue weighted by Crippen LogP contribution is -2.61. The SMILES string of the molecule is CC1(O)CN(C(=O)c2ccc3ncsc3c2)C1. The lowest BCUT2D eigenvalue weighted by atomic mass is 9.96.